The van der Waals surface area contributed by atoms with Gasteiger partial charge in [0.25, 0.3) is 11.8 Å². The monoisotopic (exact) mass is 691 g/mol. The van der Waals surface area contributed by atoms with Gasteiger partial charge < -0.3 is 24.4 Å². The molecule has 1 aliphatic heterocycles. The number of halogens is 1. The summed E-state index contributed by atoms with van der Waals surface area (Å²) in [6, 6.07) is 18.7. The van der Waals surface area contributed by atoms with Gasteiger partial charge in [0.2, 0.25) is 17.7 Å². The lowest BCUT2D eigenvalue weighted by molar-refractivity contribution is -0.130. The predicted octanol–water partition coefficient (Wildman–Crippen LogP) is 4.60. The van der Waals surface area contributed by atoms with Gasteiger partial charge in [0.05, 0.1) is 12.6 Å². The molecule has 2 atom stereocenters. The van der Waals surface area contributed by atoms with Crippen LogP contribution in [-0.2, 0) is 23.1 Å². The topological polar surface area (TPSA) is 136 Å². The van der Waals surface area contributed by atoms with Crippen molar-refractivity contribution in [1.29, 1.82) is 5.26 Å². The zero-order chi connectivity index (χ0) is 36.4. The van der Waals surface area contributed by atoms with E-state index in [0.717, 1.165) is 28.7 Å². The molecule has 11 nitrogen and oxygen atoms in total. The van der Waals surface area contributed by atoms with Crippen LogP contribution in [0, 0.1) is 17.1 Å². The van der Waals surface area contributed by atoms with Crippen LogP contribution in [0.1, 0.15) is 75.0 Å². The number of amides is 3. The smallest absolute Gasteiger partial charge is 0.253 e. The number of likely N-dealkylation sites (tertiary alicyclic amines) is 1. The fourth-order valence-corrected chi connectivity index (χ4v) is 7.37. The molecule has 1 aromatic heterocycles. The quantitative estimate of drug-likeness (QED) is 0.269. The maximum atomic E-state index is 13.9. The molecule has 1 fully saturated rings. The fourth-order valence-electron chi connectivity index (χ4n) is 7.37. The number of benzene rings is 3. The lowest BCUT2D eigenvalue weighted by Gasteiger charge is -2.36. The summed E-state index contributed by atoms with van der Waals surface area (Å²) in [5.41, 5.74) is 4.08. The molecule has 12 heteroatoms. The fraction of sp³-hybridized carbons (Fsp3) is 0.385. The molecular formula is C39H42FN7O4. The van der Waals surface area contributed by atoms with Gasteiger partial charge in [-0.15, -0.1) is 10.2 Å². The molecule has 1 aliphatic carbocycles. The van der Waals surface area contributed by atoms with Gasteiger partial charge in [-0.25, -0.2) is 4.39 Å². The van der Waals surface area contributed by atoms with Crippen molar-refractivity contribution in [2.45, 2.75) is 56.5 Å². The highest BCUT2D eigenvalue weighted by Crippen LogP contribution is 2.48. The molecule has 0 spiro atoms. The Bertz CT molecular complexity index is 1930. The molecule has 2 aliphatic rings. The molecule has 51 heavy (non-hydrogen) atoms. The Balaban J connectivity index is 1.51. The van der Waals surface area contributed by atoms with Gasteiger partial charge in [-0.05, 0) is 110 Å². The van der Waals surface area contributed by atoms with Gasteiger partial charge in [-0.3, -0.25) is 14.4 Å². The molecule has 2 heterocycles. The number of nitriles is 1. The molecule has 1 N–H and O–H groups in total. The number of fused-ring (bicyclic) bond motifs is 2. The molecule has 0 bridgehead atoms. The first-order valence-electron chi connectivity index (χ1n) is 17.2. The van der Waals surface area contributed by atoms with E-state index in [-0.39, 0.29) is 42.1 Å². The average Bonchev–Trinajstić information content (AvgIpc) is 3.80. The first kappa shape index (κ1) is 35.4. The van der Waals surface area contributed by atoms with Crippen molar-refractivity contribution >= 4 is 17.7 Å². The van der Waals surface area contributed by atoms with E-state index >= 15 is 0 Å². The van der Waals surface area contributed by atoms with Crippen molar-refractivity contribution in [3.63, 3.8) is 0 Å². The van der Waals surface area contributed by atoms with Crippen LogP contribution in [0.5, 0.6) is 0 Å². The summed E-state index contributed by atoms with van der Waals surface area (Å²) in [6.45, 7) is 2.57. The summed E-state index contributed by atoms with van der Waals surface area (Å²) in [5.74, 6) is -0.302. The van der Waals surface area contributed by atoms with E-state index in [4.69, 9.17) is 4.42 Å². The highest BCUT2D eigenvalue weighted by molar-refractivity contribution is 5.95. The molecule has 1 saturated heterocycles. The molecule has 3 aromatic carbocycles. The Morgan fingerprint density at radius 3 is 2.10 bits per heavy atom. The maximum Gasteiger partial charge on any atom is 0.253 e. The first-order valence-corrected chi connectivity index (χ1v) is 17.2. The lowest BCUT2D eigenvalue weighted by Crippen LogP contribution is -2.45. The lowest BCUT2D eigenvalue weighted by atomic mass is 9.68. The number of nitrogens with one attached hydrogen (secondary N) is 1. The third-order valence-electron chi connectivity index (χ3n) is 9.92. The number of nitrogens with zero attached hydrogens (tertiary/aromatic N) is 6. The van der Waals surface area contributed by atoms with Crippen molar-refractivity contribution < 1.29 is 23.2 Å². The van der Waals surface area contributed by atoms with Gasteiger partial charge >= 0.3 is 0 Å². The summed E-state index contributed by atoms with van der Waals surface area (Å²) in [6.07, 6.45) is 2.96. The zero-order valence-corrected chi connectivity index (χ0v) is 29.6. The summed E-state index contributed by atoms with van der Waals surface area (Å²) in [5, 5.41) is 22.1. The van der Waals surface area contributed by atoms with E-state index < -0.39 is 17.3 Å². The van der Waals surface area contributed by atoms with E-state index in [2.05, 4.69) is 21.6 Å². The van der Waals surface area contributed by atoms with Crippen LogP contribution in [0.2, 0.25) is 0 Å². The Morgan fingerprint density at radius 2 is 1.55 bits per heavy atom. The predicted molar refractivity (Wildman–Crippen MR) is 188 cm³/mol. The number of aromatic nitrogens is 2. The van der Waals surface area contributed by atoms with Crippen LogP contribution in [0.4, 0.5) is 4.39 Å². The van der Waals surface area contributed by atoms with Crippen LogP contribution >= 0.6 is 0 Å². The van der Waals surface area contributed by atoms with Crippen molar-refractivity contribution in [1.82, 2.24) is 30.2 Å². The van der Waals surface area contributed by atoms with Gasteiger partial charge in [0.1, 0.15) is 17.3 Å². The van der Waals surface area contributed by atoms with Crippen molar-refractivity contribution in [2.75, 3.05) is 41.3 Å². The number of rotatable bonds is 9. The maximum absolute atomic E-state index is 13.9. The Labute approximate surface area is 297 Å². The standard InChI is InChI=1S/C39H42FN7O4/c1-24(42-23-34(48)47-18-6-7-31(47)22-41)21-39(38-44-43-35(51-38)25-10-14-30(40)15-11-25)32-16-12-28(36(49)45(2)3)19-26(32)8-9-27-20-29(13-17-33(27)39)37(50)46(4)5/h10-17,19-20,24,31,42H,6-9,18,21,23H2,1-5H3/t24-,31?/m0/s1. The van der Waals surface area contributed by atoms with Gasteiger partial charge in [-0.1, -0.05) is 12.1 Å². The third kappa shape index (κ3) is 6.86. The Hall–Kier alpha value is -5.41. The highest BCUT2D eigenvalue weighted by Gasteiger charge is 2.47. The van der Waals surface area contributed by atoms with Gasteiger partial charge in [-0.2, -0.15) is 5.26 Å². The molecular weight excluding hydrogens is 649 g/mol. The Morgan fingerprint density at radius 1 is 0.961 bits per heavy atom. The van der Waals surface area contributed by atoms with Crippen molar-refractivity contribution in [2.24, 2.45) is 0 Å². The van der Waals surface area contributed by atoms with E-state index in [9.17, 15) is 24.0 Å². The molecule has 4 aromatic rings. The SMILES string of the molecule is C[C@@H](CC1(c2nnc(-c3ccc(F)cc3)o2)c2ccc(C(=O)N(C)C)cc2CCc2cc(C(=O)N(C)C)ccc21)NCC(=O)N1CCCC1C#N. The minimum absolute atomic E-state index is 0.0341. The molecule has 6 rings (SSSR count). The van der Waals surface area contributed by atoms with Crippen molar-refractivity contribution in [3.8, 4) is 17.5 Å². The average molecular weight is 692 g/mol. The van der Waals surface area contributed by atoms with Gasteiger partial charge in [0, 0.05) is 57.5 Å². The largest absolute Gasteiger partial charge is 0.419 e. The van der Waals surface area contributed by atoms with Crippen LogP contribution < -0.4 is 5.32 Å². The second-order valence-corrected chi connectivity index (χ2v) is 13.8. The van der Waals surface area contributed by atoms with Crippen LogP contribution in [0.3, 0.4) is 0 Å². The number of hydrogen-bond acceptors (Lipinski definition) is 8. The first-order chi connectivity index (χ1) is 24.4. The van der Waals surface area contributed by atoms with E-state index in [0.29, 0.717) is 48.9 Å². The molecule has 3 amide bonds. The number of carbonyl (C=O) groups excluding carboxylic acids is 3. The summed E-state index contributed by atoms with van der Waals surface area (Å²) < 4.78 is 20.4. The molecule has 0 saturated carbocycles. The third-order valence-corrected chi connectivity index (χ3v) is 9.92. The molecule has 0 radical (unpaired) electrons. The second-order valence-electron chi connectivity index (χ2n) is 13.8. The minimum Gasteiger partial charge on any atom is -0.419 e. The van der Waals surface area contributed by atoms with E-state index in [1.54, 1.807) is 57.4 Å². The Kier molecular flexibility index (Phi) is 10.0. The highest BCUT2D eigenvalue weighted by atomic mass is 19.1. The zero-order valence-electron chi connectivity index (χ0n) is 29.6. The number of carbonyl (C=O) groups is 3. The van der Waals surface area contributed by atoms with Crippen LogP contribution in [-0.4, -0.2) is 96.0 Å². The minimum atomic E-state index is -1.09. The van der Waals surface area contributed by atoms with Gasteiger partial charge in [0.15, 0.2) is 0 Å². The van der Waals surface area contributed by atoms with E-state index in [1.807, 2.05) is 31.2 Å². The number of aryl methyl sites for hydroxylation is 2. The normalized spacial score (nSPS) is 16.7. The van der Waals surface area contributed by atoms with Crippen LogP contribution in [0.25, 0.3) is 11.5 Å². The summed E-state index contributed by atoms with van der Waals surface area (Å²) in [4.78, 5) is 44.3. The summed E-state index contributed by atoms with van der Waals surface area (Å²) in [7, 11) is 6.84. The summed E-state index contributed by atoms with van der Waals surface area (Å²) >= 11 is 0. The van der Waals surface area contributed by atoms with E-state index in [1.165, 1.54) is 21.9 Å². The van der Waals surface area contributed by atoms with Crippen LogP contribution in [0.15, 0.2) is 65.1 Å². The number of hydrogen-bond donors (Lipinski definition) is 1. The van der Waals surface area contributed by atoms with Crippen molar-refractivity contribution in [3.05, 3.63) is 106 Å². The molecule has 1 unspecified atom stereocenters. The second kappa shape index (κ2) is 14.4. The molecule has 264 valence electrons.